The van der Waals surface area contributed by atoms with Crippen molar-refractivity contribution in [1.82, 2.24) is 19.7 Å². The highest BCUT2D eigenvalue weighted by molar-refractivity contribution is 5.95. The number of amides is 1. The molecule has 0 aliphatic heterocycles. The minimum absolute atomic E-state index is 0.138. The van der Waals surface area contributed by atoms with Crippen LogP contribution in [0.4, 0.5) is 0 Å². The predicted octanol–water partition coefficient (Wildman–Crippen LogP) is 3.56. The average Bonchev–Trinajstić information content (AvgIpc) is 3.20. The van der Waals surface area contributed by atoms with Crippen molar-refractivity contribution in [3.63, 3.8) is 0 Å². The fraction of sp³-hybridized carbons (Fsp3) is 0.286. The molecule has 1 amide bonds. The van der Waals surface area contributed by atoms with Crippen molar-refractivity contribution in [1.29, 1.82) is 0 Å². The van der Waals surface area contributed by atoms with Crippen LogP contribution in [0.15, 0.2) is 61.2 Å². The first kappa shape index (κ1) is 15.3. The quantitative estimate of drug-likeness (QED) is 0.727. The molecular formula is C21H20N4O. The molecule has 1 saturated carbocycles. The Bertz CT molecular complexity index is 929. The van der Waals surface area contributed by atoms with Crippen LogP contribution in [-0.2, 0) is 6.42 Å². The number of fused-ring (bicyclic) bond motifs is 1. The maximum absolute atomic E-state index is 13.3. The number of hydrogen-bond acceptors (Lipinski definition) is 3. The van der Waals surface area contributed by atoms with E-state index in [4.69, 9.17) is 0 Å². The van der Waals surface area contributed by atoms with Crippen LogP contribution in [0.25, 0.3) is 5.69 Å². The standard InChI is InChI=1S/C21H20N4O/c26-21(16-5-8-17(9-6-16)24-14-22-13-23-24)25(18-10-11-18)20-12-7-15-3-1-2-4-19(15)20/h1-6,8-9,13-14,18,20H,7,10-12H2/t20-/m0/s1. The second-order valence-corrected chi connectivity index (χ2v) is 7.08. The van der Waals surface area contributed by atoms with Crippen molar-refractivity contribution in [2.24, 2.45) is 0 Å². The lowest BCUT2D eigenvalue weighted by atomic mass is 10.0. The van der Waals surface area contributed by atoms with E-state index in [1.54, 1.807) is 11.0 Å². The summed E-state index contributed by atoms with van der Waals surface area (Å²) in [6.07, 6.45) is 7.47. The van der Waals surface area contributed by atoms with Crippen LogP contribution in [0.3, 0.4) is 0 Å². The molecule has 5 heteroatoms. The molecule has 5 rings (SSSR count). The normalized spacial score (nSPS) is 18.5. The highest BCUT2D eigenvalue weighted by Gasteiger charge is 2.40. The van der Waals surface area contributed by atoms with Crippen LogP contribution in [0.5, 0.6) is 0 Å². The largest absolute Gasteiger partial charge is 0.329 e. The summed E-state index contributed by atoms with van der Waals surface area (Å²) in [5.41, 5.74) is 4.36. The van der Waals surface area contributed by atoms with Gasteiger partial charge in [0.15, 0.2) is 0 Å². The smallest absolute Gasteiger partial charge is 0.254 e. The molecule has 0 N–H and O–H groups in total. The monoisotopic (exact) mass is 344 g/mol. The molecule has 3 aromatic rings. The van der Waals surface area contributed by atoms with E-state index in [0.29, 0.717) is 6.04 Å². The highest BCUT2D eigenvalue weighted by Crippen LogP contribution is 2.42. The zero-order chi connectivity index (χ0) is 17.5. The van der Waals surface area contributed by atoms with Gasteiger partial charge < -0.3 is 4.90 Å². The van der Waals surface area contributed by atoms with Crippen molar-refractivity contribution in [3.8, 4) is 5.69 Å². The molecule has 0 saturated heterocycles. The molecule has 130 valence electrons. The number of benzene rings is 2. The number of rotatable bonds is 4. The third-order valence-corrected chi connectivity index (χ3v) is 5.41. The van der Waals surface area contributed by atoms with Crippen molar-refractivity contribution in [3.05, 3.63) is 77.9 Å². The molecule has 5 nitrogen and oxygen atoms in total. The minimum atomic E-state index is 0.138. The van der Waals surface area contributed by atoms with Crippen molar-refractivity contribution in [2.75, 3.05) is 0 Å². The van der Waals surface area contributed by atoms with Crippen molar-refractivity contribution >= 4 is 5.91 Å². The van der Waals surface area contributed by atoms with E-state index in [9.17, 15) is 4.79 Å². The van der Waals surface area contributed by atoms with Gasteiger partial charge in [-0.2, -0.15) is 5.10 Å². The molecule has 1 heterocycles. The van der Waals surface area contributed by atoms with Crippen LogP contribution in [0, 0.1) is 0 Å². The topological polar surface area (TPSA) is 51.0 Å². The lowest BCUT2D eigenvalue weighted by Gasteiger charge is -2.30. The van der Waals surface area contributed by atoms with E-state index in [2.05, 4.69) is 39.2 Å². The molecule has 0 bridgehead atoms. The Balaban J connectivity index is 1.44. The van der Waals surface area contributed by atoms with Crippen LogP contribution in [0.1, 0.15) is 46.8 Å². The van der Waals surface area contributed by atoms with E-state index in [1.807, 2.05) is 24.3 Å². The molecule has 1 fully saturated rings. The zero-order valence-electron chi connectivity index (χ0n) is 14.5. The lowest BCUT2D eigenvalue weighted by Crippen LogP contribution is -2.36. The van der Waals surface area contributed by atoms with Gasteiger partial charge in [0.25, 0.3) is 5.91 Å². The number of hydrogen-bond donors (Lipinski definition) is 0. The number of carbonyl (C=O) groups excluding carboxylic acids is 1. The minimum Gasteiger partial charge on any atom is -0.329 e. The summed E-state index contributed by atoms with van der Waals surface area (Å²) in [6.45, 7) is 0. The summed E-state index contributed by atoms with van der Waals surface area (Å²) in [5, 5.41) is 4.13. The third-order valence-electron chi connectivity index (χ3n) is 5.41. The van der Waals surface area contributed by atoms with Crippen molar-refractivity contribution < 1.29 is 4.79 Å². The Labute approximate surface area is 152 Å². The molecule has 0 radical (unpaired) electrons. The van der Waals surface area contributed by atoms with Crippen LogP contribution in [-0.4, -0.2) is 31.6 Å². The lowest BCUT2D eigenvalue weighted by molar-refractivity contribution is 0.0658. The van der Waals surface area contributed by atoms with Gasteiger partial charge in [0.05, 0.1) is 11.7 Å². The Morgan fingerprint density at radius 3 is 2.58 bits per heavy atom. The van der Waals surface area contributed by atoms with Gasteiger partial charge in [0.1, 0.15) is 12.7 Å². The first-order valence-corrected chi connectivity index (χ1v) is 9.17. The predicted molar refractivity (Wildman–Crippen MR) is 98.1 cm³/mol. The Morgan fingerprint density at radius 2 is 1.85 bits per heavy atom. The molecule has 0 unspecified atom stereocenters. The third kappa shape index (κ3) is 2.60. The summed E-state index contributed by atoms with van der Waals surface area (Å²) >= 11 is 0. The Hall–Kier alpha value is -2.95. The molecule has 26 heavy (non-hydrogen) atoms. The number of aromatic nitrogens is 3. The molecule has 1 atom stereocenters. The maximum Gasteiger partial charge on any atom is 0.254 e. The maximum atomic E-state index is 13.3. The molecule has 2 aliphatic rings. The second kappa shape index (κ2) is 6.09. The summed E-state index contributed by atoms with van der Waals surface area (Å²) in [5.74, 6) is 0.138. The molecular weight excluding hydrogens is 324 g/mol. The molecule has 2 aromatic carbocycles. The van der Waals surface area contributed by atoms with Gasteiger partial charge in [-0.05, 0) is 61.1 Å². The first-order valence-electron chi connectivity index (χ1n) is 9.17. The first-order chi connectivity index (χ1) is 12.8. The van der Waals surface area contributed by atoms with E-state index in [1.165, 1.54) is 17.5 Å². The van der Waals surface area contributed by atoms with Crippen molar-refractivity contribution in [2.45, 2.75) is 37.8 Å². The summed E-state index contributed by atoms with van der Waals surface area (Å²) in [7, 11) is 0. The number of carbonyl (C=O) groups is 1. The highest BCUT2D eigenvalue weighted by atomic mass is 16.2. The second-order valence-electron chi connectivity index (χ2n) is 7.08. The van der Waals surface area contributed by atoms with Gasteiger partial charge >= 0.3 is 0 Å². The van der Waals surface area contributed by atoms with E-state index >= 15 is 0 Å². The fourth-order valence-corrected chi connectivity index (χ4v) is 3.99. The van der Waals surface area contributed by atoms with Gasteiger partial charge in [0, 0.05) is 11.6 Å². The SMILES string of the molecule is O=C(c1ccc(-n2cncn2)cc1)N(C1CC1)[C@H]1CCc2ccccc21. The fourth-order valence-electron chi connectivity index (χ4n) is 3.99. The Kier molecular flexibility index (Phi) is 3.59. The van der Waals surface area contributed by atoms with Gasteiger partial charge in [-0.15, -0.1) is 0 Å². The molecule has 1 aromatic heterocycles. The van der Waals surface area contributed by atoms with E-state index in [-0.39, 0.29) is 11.9 Å². The van der Waals surface area contributed by atoms with Crippen LogP contribution < -0.4 is 0 Å². The zero-order valence-corrected chi connectivity index (χ0v) is 14.5. The van der Waals surface area contributed by atoms with E-state index < -0.39 is 0 Å². The summed E-state index contributed by atoms with van der Waals surface area (Å²) in [6, 6.07) is 16.8. The number of nitrogens with zero attached hydrogens (tertiary/aromatic N) is 4. The number of aryl methyl sites for hydroxylation is 1. The van der Waals surface area contributed by atoms with Crippen LogP contribution in [0.2, 0.25) is 0 Å². The molecule has 2 aliphatic carbocycles. The van der Waals surface area contributed by atoms with Gasteiger partial charge in [-0.1, -0.05) is 24.3 Å². The van der Waals surface area contributed by atoms with Gasteiger partial charge in [-0.25, -0.2) is 9.67 Å². The summed E-state index contributed by atoms with van der Waals surface area (Å²) < 4.78 is 1.69. The van der Waals surface area contributed by atoms with Gasteiger partial charge in [-0.3, -0.25) is 4.79 Å². The van der Waals surface area contributed by atoms with E-state index in [0.717, 1.165) is 36.9 Å². The molecule has 0 spiro atoms. The van der Waals surface area contributed by atoms with Crippen LogP contribution >= 0.6 is 0 Å². The Morgan fingerprint density at radius 1 is 1.04 bits per heavy atom. The summed E-state index contributed by atoms with van der Waals surface area (Å²) in [4.78, 5) is 19.4. The average molecular weight is 344 g/mol. The van der Waals surface area contributed by atoms with Gasteiger partial charge in [0.2, 0.25) is 0 Å².